The maximum Gasteiger partial charge on any atom is 0.345 e. The highest BCUT2D eigenvalue weighted by atomic mass is 16.5. The number of ether oxygens (including phenoxy) is 1. The number of piperidine rings is 1. The van der Waals surface area contributed by atoms with E-state index < -0.39 is 5.97 Å². The maximum atomic E-state index is 11.7. The second-order valence-electron chi connectivity index (χ2n) is 4.25. The average Bonchev–Trinajstić information content (AvgIpc) is 2.66. The molecular weight excluding hydrogens is 220 g/mol. The average molecular weight is 238 g/mol. The van der Waals surface area contributed by atoms with Gasteiger partial charge in [0.2, 0.25) is 0 Å². The van der Waals surface area contributed by atoms with Crippen LogP contribution in [0.1, 0.15) is 29.6 Å². The molecule has 6 heteroatoms. The van der Waals surface area contributed by atoms with Crippen LogP contribution in [-0.2, 0) is 11.8 Å². The molecule has 0 spiro atoms. The molecule has 0 amide bonds. The van der Waals surface area contributed by atoms with Crippen molar-refractivity contribution in [3.63, 3.8) is 0 Å². The Morgan fingerprint density at radius 3 is 2.59 bits per heavy atom. The summed E-state index contributed by atoms with van der Waals surface area (Å²) in [4.78, 5) is 13.8. The third kappa shape index (κ3) is 2.07. The van der Waals surface area contributed by atoms with E-state index in [-0.39, 0.29) is 0 Å². The predicted octanol–water partition coefficient (Wildman–Crippen LogP) is 0.779. The fraction of sp³-hybridized carbons (Fsp3) is 0.636. The van der Waals surface area contributed by atoms with Crippen molar-refractivity contribution < 1.29 is 9.53 Å². The number of methoxy groups -OCH3 is 1. The zero-order valence-corrected chi connectivity index (χ0v) is 10.3. The van der Waals surface area contributed by atoms with Crippen LogP contribution in [0.15, 0.2) is 0 Å². The first-order chi connectivity index (χ1) is 8.15. The number of rotatable bonds is 2. The van der Waals surface area contributed by atoms with Crippen molar-refractivity contribution in [2.75, 3.05) is 30.8 Å². The number of esters is 1. The van der Waals surface area contributed by atoms with Crippen LogP contribution in [0.25, 0.3) is 0 Å². The monoisotopic (exact) mass is 238 g/mol. The van der Waals surface area contributed by atoms with Crippen LogP contribution in [0.2, 0.25) is 0 Å². The highest BCUT2D eigenvalue weighted by Crippen LogP contribution is 2.27. The van der Waals surface area contributed by atoms with Gasteiger partial charge in [-0.25, -0.2) is 4.79 Å². The number of carbonyl (C=O) groups is 1. The van der Waals surface area contributed by atoms with Gasteiger partial charge in [-0.3, -0.25) is 4.68 Å². The van der Waals surface area contributed by atoms with E-state index in [1.54, 1.807) is 7.05 Å². The van der Waals surface area contributed by atoms with E-state index in [1.165, 1.54) is 18.2 Å². The smallest absolute Gasteiger partial charge is 0.345 e. The summed E-state index contributed by atoms with van der Waals surface area (Å²) in [7, 11) is 3.09. The minimum Gasteiger partial charge on any atom is -0.465 e. The van der Waals surface area contributed by atoms with E-state index in [9.17, 15) is 4.79 Å². The zero-order valence-electron chi connectivity index (χ0n) is 10.3. The van der Waals surface area contributed by atoms with Crippen LogP contribution in [0.3, 0.4) is 0 Å². The molecule has 0 aliphatic carbocycles. The molecule has 1 saturated heterocycles. The SMILES string of the molecule is COC(=O)c1c(N2CCCCC2)nn(C)c1N. The zero-order chi connectivity index (χ0) is 12.4. The molecule has 6 nitrogen and oxygen atoms in total. The van der Waals surface area contributed by atoms with Gasteiger partial charge >= 0.3 is 5.97 Å². The van der Waals surface area contributed by atoms with Gasteiger partial charge in [0.25, 0.3) is 0 Å². The molecule has 1 aromatic rings. The van der Waals surface area contributed by atoms with Gasteiger partial charge in [0.1, 0.15) is 11.4 Å². The number of carbonyl (C=O) groups excluding carboxylic acids is 1. The van der Waals surface area contributed by atoms with Crippen LogP contribution >= 0.6 is 0 Å². The van der Waals surface area contributed by atoms with Gasteiger partial charge in [-0.2, -0.15) is 5.10 Å². The highest BCUT2D eigenvalue weighted by Gasteiger charge is 2.26. The molecule has 2 heterocycles. The summed E-state index contributed by atoms with van der Waals surface area (Å²) in [6.45, 7) is 1.83. The number of nitrogens with zero attached hydrogens (tertiary/aromatic N) is 3. The van der Waals surface area contributed by atoms with Crippen molar-refractivity contribution in [2.45, 2.75) is 19.3 Å². The normalized spacial score (nSPS) is 16.0. The van der Waals surface area contributed by atoms with Crippen molar-refractivity contribution in [3.05, 3.63) is 5.56 Å². The largest absolute Gasteiger partial charge is 0.465 e. The second kappa shape index (κ2) is 4.65. The molecule has 0 unspecified atom stereocenters. The Morgan fingerprint density at radius 2 is 2.00 bits per heavy atom. The van der Waals surface area contributed by atoms with Crippen molar-refractivity contribution in [1.29, 1.82) is 0 Å². The quantitative estimate of drug-likeness (QED) is 0.771. The molecule has 0 bridgehead atoms. The lowest BCUT2D eigenvalue weighted by atomic mass is 10.1. The highest BCUT2D eigenvalue weighted by molar-refractivity contribution is 5.99. The van der Waals surface area contributed by atoms with E-state index in [2.05, 4.69) is 10.00 Å². The first-order valence-corrected chi connectivity index (χ1v) is 5.81. The molecule has 17 heavy (non-hydrogen) atoms. The summed E-state index contributed by atoms with van der Waals surface area (Å²) >= 11 is 0. The fourth-order valence-electron chi connectivity index (χ4n) is 2.15. The number of hydrogen-bond donors (Lipinski definition) is 1. The molecule has 94 valence electrons. The summed E-state index contributed by atoms with van der Waals surface area (Å²) in [5.74, 6) is 0.588. The number of anilines is 2. The van der Waals surface area contributed by atoms with Crippen LogP contribution in [0.5, 0.6) is 0 Å². The van der Waals surface area contributed by atoms with Crippen LogP contribution in [0.4, 0.5) is 11.6 Å². The summed E-state index contributed by atoms with van der Waals surface area (Å²) in [5.41, 5.74) is 6.25. The lowest BCUT2D eigenvalue weighted by Gasteiger charge is -2.27. The molecule has 0 aromatic carbocycles. The third-order valence-electron chi connectivity index (χ3n) is 3.12. The Morgan fingerprint density at radius 1 is 1.35 bits per heavy atom. The molecule has 2 N–H and O–H groups in total. The summed E-state index contributed by atoms with van der Waals surface area (Å²) in [6, 6.07) is 0. The van der Waals surface area contributed by atoms with Gasteiger partial charge in [-0.05, 0) is 19.3 Å². The standard InChI is InChI=1S/C11H18N4O2/c1-14-9(12)8(11(16)17-2)10(13-14)15-6-4-3-5-7-15/h3-7,12H2,1-2H3. The molecular formula is C11H18N4O2. The fourth-order valence-corrected chi connectivity index (χ4v) is 2.15. The number of nitrogens with two attached hydrogens (primary N) is 1. The predicted molar refractivity (Wildman–Crippen MR) is 65.0 cm³/mol. The first kappa shape index (κ1) is 11.8. The Kier molecular flexibility index (Phi) is 3.21. The van der Waals surface area contributed by atoms with Crippen molar-refractivity contribution in [1.82, 2.24) is 9.78 Å². The summed E-state index contributed by atoms with van der Waals surface area (Å²) < 4.78 is 6.29. The number of aromatic nitrogens is 2. The van der Waals surface area contributed by atoms with E-state index in [1.807, 2.05) is 0 Å². The molecule has 2 rings (SSSR count). The van der Waals surface area contributed by atoms with Gasteiger partial charge < -0.3 is 15.4 Å². The lowest BCUT2D eigenvalue weighted by molar-refractivity contribution is 0.0602. The van der Waals surface area contributed by atoms with Gasteiger partial charge in [0.05, 0.1) is 7.11 Å². The molecule has 0 radical (unpaired) electrons. The van der Waals surface area contributed by atoms with Crippen molar-refractivity contribution >= 4 is 17.6 Å². The van der Waals surface area contributed by atoms with Crippen LogP contribution in [0, 0.1) is 0 Å². The topological polar surface area (TPSA) is 73.4 Å². The van der Waals surface area contributed by atoms with E-state index in [4.69, 9.17) is 10.5 Å². The Balaban J connectivity index is 2.38. The maximum absolute atomic E-state index is 11.7. The van der Waals surface area contributed by atoms with Gasteiger partial charge in [-0.15, -0.1) is 0 Å². The van der Waals surface area contributed by atoms with E-state index in [0.717, 1.165) is 25.9 Å². The number of nitrogen functional groups attached to an aromatic ring is 1. The minimum absolute atomic E-state index is 0.359. The van der Waals surface area contributed by atoms with Crippen LogP contribution < -0.4 is 10.6 Å². The molecule has 0 saturated carbocycles. The molecule has 1 fully saturated rings. The Bertz CT molecular complexity index is 421. The number of hydrogen-bond acceptors (Lipinski definition) is 5. The summed E-state index contributed by atoms with van der Waals surface area (Å²) in [5, 5.41) is 4.32. The molecule has 1 aliphatic rings. The van der Waals surface area contributed by atoms with Gasteiger partial charge in [0, 0.05) is 20.1 Å². The Hall–Kier alpha value is -1.72. The van der Waals surface area contributed by atoms with Gasteiger partial charge in [0.15, 0.2) is 5.82 Å². The first-order valence-electron chi connectivity index (χ1n) is 5.81. The molecule has 1 aromatic heterocycles. The third-order valence-corrected chi connectivity index (χ3v) is 3.12. The van der Waals surface area contributed by atoms with E-state index in [0.29, 0.717) is 17.2 Å². The van der Waals surface area contributed by atoms with Crippen molar-refractivity contribution in [2.24, 2.45) is 7.05 Å². The lowest BCUT2D eigenvalue weighted by Crippen LogP contribution is -2.31. The van der Waals surface area contributed by atoms with Crippen LogP contribution in [-0.4, -0.2) is 35.9 Å². The molecule has 0 atom stereocenters. The minimum atomic E-state index is -0.420. The second-order valence-corrected chi connectivity index (χ2v) is 4.25. The van der Waals surface area contributed by atoms with E-state index >= 15 is 0 Å². The number of aryl methyl sites for hydroxylation is 1. The van der Waals surface area contributed by atoms with Crippen molar-refractivity contribution in [3.8, 4) is 0 Å². The van der Waals surface area contributed by atoms with Gasteiger partial charge in [-0.1, -0.05) is 0 Å². The summed E-state index contributed by atoms with van der Waals surface area (Å²) in [6.07, 6.45) is 3.47. The Labute approximate surface area is 100 Å². The molecule has 1 aliphatic heterocycles.